The van der Waals surface area contributed by atoms with Crippen LogP contribution in [0.15, 0.2) is 35.5 Å². The van der Waals surface area contributed by atoms with Crippen molar-refractivity contribution in [1.29, 1.82) is 0 Å². The molecule has 0 radical (unpaired) electrons. The molecule has 0 heterocycles. The van der Waals surface area contributed by atoms with Crippen molar-refractivity contribution < 1.29 is 0 Å². The highest BCUT2D eigenvalue weighted by atomic mass is 14.5. The van der Waals surface area contributed by atoms with Crippen molar-refractivity contribution in [2.75, 3.05) is 0 Å². The number of unbranched alkanes of at least 4 members (excludes halogenated alkanes) is 1. The third-order valence-electron chi connectivity index (χ3n) is 7.87. The molecule has 0 N–H and O–H groups in total. The molecule has 3 aliphatic carbocycles. The summed E-state index contributed by atoms with van der Waals surface area (Å²) in [7, 11) is 0. The van der Waals surface area contributed by atoms with E-state index >= 15 is 0 Å². The predicted octanol–water partition coefficient (Wildman–Crippen LogP) is 8.40. The van der Waals surface area contributed by atoms with Crippen LogP contribution in [0.4, 0.5) is 0 Å². The molecule has 146 valence electrons. The normalized spacial score (nSPS) is 35.5. The number of allylic oxidation sites excluding steroid dienone is 5. The van der Waals surface area contributed by atoms with Crippen molar-refractivity contribution in [3.8, 4) is 0 Å². The summed E-state index contributed by atoms with van der Waals surface area (Å²) in [5.41, 5.74) is 5.30. The second-order valence-corrected chi connectivity index (χ2v) is 10.1. The van der Waals surface area contributed by atoms with Crippen LogP contribution >= 0.6 is 0 Å². The van der Waals surface area contributed by atoms with Crippen molar-refractivity contribution in [3.05, 3.63) is 35.5 Å². The van der Waals surface area contributed by atoms with Gasteiger partial charge in [-0.15, -0.1) is 0 Å². The highest BCUT2D eigenvalue weighted by molar-refractivity contribution is 5.35. The van der Waals surface area contributed by atoms with Gasteiger partial charge >= 0.3 is 0 Å². The quantitative estimate of drug-likeness (QED) is 0.420. The molecule has 0 aromatic heterocycles. The average molecular weight is 355 g/mol. The largest absolute Gasteiger partial charge is 0.0956 e. The molecule has 0 spiro atoms. The van der Waals surface area contributed by atoms with Gasteiger partial charge in [-0.3, -0.25) is 0 Å². The summed E-state index contributed by atoms with van der Waals surface area (Å²) in [6.07, 6.45) is 23.1. The zero-order valence-corrected chi connectivity index (χ0v) is 17.8. The topological polar surface area (TPSA) is 0 Å². The van der Waals surface area contributed by atoms with Crippen LogP contribution in [0.25, 0.3) is 0 Å². The highest BCUT2D eigenvalue weighted by Gasteiger charge is 2.48. The molecule has 3 fully saturated rings. The Kier molecular flexibility index (Phi) is 6.87. The van der Waals surface area contributed by atoms with Crippen LogP contribution in [0.5, 0.6) is 0 Å². The summed E-state index contributed by atoms with van der Waals surface area (Å²) in [4.78, 5) is 0. The fraction of sp³-hybridized carbons (Fsp3) is 0.769. The van der Waals surface area contributed by atoms with Gasteiger partial charge in [0.05, 0.1) is 0 Å². The van der Waals surface area contributed by atoms with Crippen molar-refractivity contribution in [1.82, 2.24) is 0 Å². The fourth-order valence-electron chi connectivity index (χ4n) is 6.16. The lowest BCUT2D eigenvalue weighted by Crippen LogP contribution is -2.33. The number of hydrogen-bond acceptors (Lipinski definition) is 0. The molecule has 0 saturated heterocycles. The zero-order valence-electron chi connectivity index (χ0n) is 17.8. The maximum Gasteiger partial charge on any atom is -0.0143 e. The molecule has 3 unspecified atom stereocenters. The van der Waals surface area contributed by atoms with E-state index in [0.717, 1.165) is 17.8 Å². The minimum absolute atomic E-state index is 0.587. The first kappa shape index (κ1) is 20.0. The van der Waals surface area contributed by atoms with E-state index in [0.29, 0.717) is 5.41 Å². The van der Waals surface area contributed by atoms with Gasteiger partial charge in [-0.2, -0.15) is 0 Å². The van der Waals surface area contributed by atoms with Gasteiger partial charge in [0.2, 0.25) is 0 Å². The van der Waals surface area contributed by atoms with Crippen LogP contribution in [0.1, 0.15) is 104 Å². The van der Waals surface area contributed by atoms with E-state index in [-0.39, 0.29) is 0 Å². The van der Waals surface area contributed by atoms with Crippen LogP contribution in [0.3, 0.4) is 0 Å². The van der Waals surface area contributed by atoms with Crippen LogP contribution in [0, 0.1) is 23.2 Å². The molecule has 0 aliphatic heterocycles. The smallest absolute Gasteiger partial charge is 0.0143 e. The zero-order chi connectivity index (χ0) is 18.6. The van der Waals surface area contributed by atoms with Crippen molar-refractivity contribution in [3.63, 3.8) is 0 Å². The summed E-state index contributed by atoms with van der Waals surface area (Å²) in [5, 5.41) is 0. The molecular weight excluding hydrogens is 312 g/mol. The number of hydrogen-bond donors (Lipinski definition) is 0. The second kappa shape index (κ2) is 8.94. The first-order chi connectivity index (χ1) is 12.5. The first-order valence-corrected chi connectivity index (χ1v) is 11.6. The monoisotopic (exact) mass is 354 g/mol. The molecule has 3 rings (SSSR count). The first-order valence-electron chi connectivity index (χ1n) is 11.6. The molecular formula is C26H42. The van der Waals surface area contributed by atoms with Gasteiger partial charge < -0.3 is 0 Å². The van der Waals surface area contributed by atoms with Crippen LogP contribution in [-0.4, -0.2) is 0 Å². The molecule has 0 aromatic carbocycles. The van der Waals surface area contributed by atoms with E-state index < -0.39 is 0 Å². The van der Waals surface area contributed by atoms with Crippen LogP contribution in [-0.2, 0) is 0 Å². The Morgan fingerprint density at radius 3 is 2.62 bits per heavy atom. The Bertz CT molecular complexity index is 546. The molecule has 26 heavy (non-hydrogen) atoms. The summed E-state index contributed by atoms with van der Waals surface area (Å²) in [6.45, 7) is 11.7. The molecule has 0 heteroatoms. The lowest BCUT2D eigenvalue weighted by molar-refractivity contribution is 0.127. The summed E-state index contributed by atoms with van der Waals surface area (Å²) >= 11 is 0. The Balaban J connectivity index is 1.64. The van der Waals surface area contributed by atoms with Gasteiger partial charge in [-0.1, -0.05) is 69.9 Å². The Morgan fingerprint density at radius 1 is 1.04 bits per heavy atom. The Hall–Kier alpha value is -0.780. The van der Waals surface area contributed by atoms with Gasteiger partial charge in [0.25, 0.3) is 0 Å². The van der Waals surface area contributed by atoms with E-state index in [9.17, 15) is 0 Å². The van der Waals surface area contributed by atoms with E-state index in [1.807, 2.05) is 0 Å². The third kappa shape index (κ3) is 4.55. The lowest BCUT2D eigenvalue weighted by atomic mass is 9.62. The van der Waals surface area contributed by atoms with Crippen molar-refractivity contribution in [2.24, 2.45) is 23.2 Å². The second-order valence-electron chi connectivity index (χ2n) is 10.1. The van der Waals surface area contributed by atoms with Gasteiger partial charge in [0, 0.05) is 0 Å². The minimum Gasteiger partial charge on any atom is -0.0956 e. The van der Waals surface area contributed by atoms with Gasteiger partial charge in [-0.05, 0) is 93.0 Å². The maximum absolute atomic E-state index is 4.31. The molecule has 3 saturated carbocycles. The minimum atomic E-state index is 0.587. The van der Waals surface area contributed by atoms with E-state index in [1.54, 1.807) is 11.1 Å². The molecule has 3 aliphatic rings. The molecule has 3 atom stereocenters. The fourth-order valence-corrected chi connectivity index (χ4v) is 6.16. The molecule has 0 aromatic rings. The molecule has 0 amide bonds. The Labute approximate surface area is 163 Å². The van der Waals surface area contributed by atoms with E-state index in [2.05, 4.69) is 39.5 Å². The average Bonchev–Trinajstić information content (AvgIpc) is 2.95. The maximum atomic E-state index is 4.31. The lowest BCUT2D eigenvalue weighted by Gasteiger charge is -2.42. The predicted molar refractivity (Wildman–Crippen MR) is 115 cm³/mol. The molecule has 0 bridgehead atoms. The standard InChI is InChI=1S/C26H42/c1-20(2)10-5-8-14-24-17-18-25-23(13-9-19-26(24,25)4)16-15-22-12-7-6-11-21(22)3/h15-16,20,24-25H,3,5-14,17-19H2,1-2,4H3/b22-15-,23-16+. The van der Waals surface area contributed by atoms with E-state index in [1.165, 1.54) is 89.0 Å². The summed E-state index contributed by atoms with van der Waals surface area (Å²) in [6, 6.07) is 0. The van der Waals surface area contributed by atoms with Crippen LogP contribution in [0.2, 0.25) is 0 Å². The Morgan fingerprint density at radius 2 is 1.85 bits per heavy atom. The molecule has 0 nitrogen and oxygen atoms in total. The van der Waals surface area contributed by atoms with Gasteiger partial charge in [0.1, 0.15) is 0 Å². The SMILES string of the molecule is C=C1CCCC/C1=C/C=C1\CCCC2(C)C(CCCCC(C)C)CCC12. The number of fused-ring (bicyclic) bond motifs is 1. The third-order valence-corrected chi connectivity index (χ3v) is 7.87. The van der Waals surface area contributed by atoms with Crippen LogP contribution < -0.4 is 0 Å². The van der Waals surface area contributed by atoms with Crippen molar-refractivity contribution in [2.45, 2.75) is 104 Å². The van der Waals surface area contributed by atoms with E-state index in [4.69, 9.17) is 0 Å². The van der Waals surface area contributed by atoms with Crippen molar-refractivity contribution >= 4 is 0 Å². The van der Waals surface area contributed by atoms with Gasteiger partial charge in [0.15, 0.2) is 0 Å². The summed E-state index contributed by atoms with van der Waals surface area (Å²) < 4.78 is 0. The van der Waals surface area contributed by atoms with Gasteiger partial charge in [-0.25, -0.2) is 0 Å². The highest BCUT2D eigenvalue weighted by Crippen LogP contribution is 2.58. The number of rotatable bonds is 6. The summed E-state index contributed by atoms with van der Waals surface area (Å²) in [5.74, 6) is 2.70.